The fourth-order valence-corrected chi connectivity index (χ4v) is 2.16. The quantitative estimate of drug-likeness (QED) is 0.598. The molecule has 0 spiro atoms. The summed E-state index contributed by atoms with van der Waals surface area (Å²) in [6.45, 7) is 11.1. The minimum atomic E-state index is 0.590. The molecule has 2 heteroatoms. The largest absolute Gasteiger partial charge is 0.329 e. The first-order chi connectivity index (χ1) is 7.17. The van der Waals surface area contributed by atoms with Crippen molar-refractivity contribution in [2.24, 2.45) is 5.73 Å². The van der Waals surface area contributed by atoms with Crippen LogP contribution in [0.2, 0.25) is 0 Å². The minimum absolute atomic E-state index is 0.590. The first kappa shape index (κ1) is 14.9. The average molecular weight is 214 g/mol. The maximum Gasteiger partial charge on any atom is 0.0221 e. The number of unbranched alkanes of at least 4 members (excludes halogenated alkanes) is 2. The van der Waals surface area contributed by atoms with Crippen molar-refractivity contribution in [3.05, 3.63) is 0 Å². The standard InChI is InChI=1S/C13H30N2/c1-5-7-8-10-15(12(3)4)13(11-14)9-6-2/h12-13H,5-11,14H2,1-4H3. The first-order valence-corrected chi connectivity index (χ1v) is 6.63. The lowest BCUT2D eigenvalue weighted by atomic mass is 10.1. The van der Waals surface area contributed by atoms with Crippen molar-refractivity contribution in [1.29, 1.82) is 0 Å². The number of nitrogens with zero attached hydrogens (tertiary/aromatic N) is 1. The normalized spacial score (nSPS) is 13.8. The zero-order valence-corrected chi connectivity index (χ0v) is 11.1. The van der Waals surface area contributed by atoms with Gasteiger partial charge in [0.15, 0.2) is 0 Å². The Labute approximate surface area is 96.2 Å². The summed E-state index contributed by atoms with van der Waals surface area (Å²) in [4.78, 5) is 2.58. The molecule has 2 N–H and O–H groups in total. The van der Waals surface area contributed by atoms with Crippen LogP contribution in [0.4, 0.5) is 0 Å². The van der Waals surface area contributed by atoms with Crippen molar-refractivity contribution < 1.29 is 0 Å². The molecule has 0 rings (SSSR count). The Balaban J connectivity index is 4.09. The molecule has 0 aromatic heterocycles. The number of nitrogens with two attached hydrogens (primary N) is 1. The van der Waals surface area contributed by atoms with Crippen molar-refractivity contribution >= 4 is 0 Å². The van der Waals surface area contributed by atoms with Gasteiger partial charge in [-0.2, -0.15) is 0 Å². The fourth-order valence-electron chi connectivity index (χ4n) is 2.16. The van der Waals surface area contributed by atoms with Crippen LogP contribution in [-0.2, 0) is 0 Å². The van der Waals surface area contributed by atoms with Crippen molar-refractivity contribution in [1.82, 2.24) is 4.90 Å². The summed E-state index contributed by atoms with van der Waals surface area (Å²) in [5.74, 6) is 0. The second kappa shape index (κ2) is 9.17. The second-order valence-corrected chi connectivity index (χ2v) is 4.72. The molecule has 0 aromatic rings. The zero-order chi connectivity index (χ0) is 11.7. The molecule has 0 amide bonds. The molecule has 0 radical (unpaired) electrons. The molecule has 0 aliphatic rings. The van der Waals surface area contributed by atoms with Gasteiger partial charge in [-0.25, -0.2) is 0 Å². The fraction of sp³-hybridized carbons (Fsp3) is 1.00. The SMILES string of the molecule is CCCCCN(C(C)C)C(CN)CCC. The molecule has 1 atom stereocenters. The molecule has 0 fully saturated rings. The molecule has 0 heterocycles. The number of rotatable bonds is 9. The lowest BCUT2D eigenvalue weighted by molar-refractivity contribution is 0.145. The van der Waals surface area contributed by atoms with E-state index < -0.39 is 0 Å². The highest BCUT2D eigenvalue weighted by atomic mass is 15.2. The molecule has 0 saturated heterocycles. The van der Waals surface area contributed by atoms with Crippen LogP contribution in [-0.4, -0.2) is 30.1 Å². The van der Waals surface area contributed by atoms with Gasteiger partial charge in [-0.05, 0) is 33.2 Å². The van der Waals surface area contributed by atoms with Gasteiger partial charge in [0.05, 0.1) is 0 Å². The van der Waals surface area contributed by atoms with E-state index in [4.69, 9.17) is 5.73 Å². The van der Waals surface area contributed by atoms with Crippen LogP contribution < -0.4 is 5.73 Å². The van der Waals surface area contributed by atoms with Crippen LogP contribution in [0, 0.1) is 0 Å². The van der Waals surface area contributed by atoms with E-state index in [0.29, 0.717) is 12.1 Å². The van der Waals surface area contributed by atoms with Crippen molar-refractivity contribution in [3.8, 4) is 0 Å². The van der Waals surface area contributed by atoms with Crippen molar-refractivity contribution in [2.45, 2.75) is 71.9 Å². The molecular formula is C13H30N2. The van der Waals surface area contributed by atoms with Gasteiger partial charge in [0, 0.05) is 18.6 Å². The molecule has 0 aliphatic carbocycles. The van der Waals surface area contributed by atoms with Gasteiger partial charge in [-0.1, -0.05) is 33.1 Å². The second-order valence-electron chi connectivity index (χ2n) is 4.72. The third-order valence-corrected chi connectivity index (χ3v) is 3.05. The highest BCUT2D eigenvalue weighted by molar-refractivity contribution is 4.75. The van der Waals surface area contributed by atoms with Gasteiger partial charge in [0.25, 0.3) is 0 Å². The van der Waals surface area contributed by atoms with Gasteiger partial charge in [0.2, 0.25) is 0 Å². The van der Waals surface area contributed by atoms with E-state index in [-0.39, 0.29) is 0 Å². The van der Waals surface area contributed by atoms with Gasteiger partial charge in [-0.3, -0.25) is 4.90 Å². The van der Waals surface area contributed by atoms with Gasteiger partial charge in [-0.15, -0.1) is 0 Å². The van der Waals surface area contributed by atoms with Gasteiger partial charge < -0.3 is 5.73 Å². The van der Waals surface area contributed by atoms with Crippen LogP contribution >= 0.6 is 0 Å². The molecule has 0 aromatic carbocycles. The van der Waals surface area contributed by atoms with E-state index in [1.807, 2.05) is 0 Å². The highest BCUT2D eigenvalue weighted by Crippen LogP contribution is 2.12. The van der Waals surface area contributed by atoms with Crippen LogP contribution in [0.25, 0.3) is 0 Å². The highest BCUT2D eigenvalue weighted by Gasteiger charge is 2.18. The average Bonchev–Trinajstić information content (AvgIpc) is 2.21. The molecule has 92 valence electrons. The Morgan fingerprint density at radius 1 is 1.07 bits per heavy atom. The summed E-state index contributed by atoms with van der Waals surface area (Å²) >= 11 is 0. The van der Waals surface area contributed by atoms with Crippen LogP contribution in [0.5, 0.6) is 0 Å². The third-order valence-electron chi connectivity index (χ3n) is 3.05. The predicted octanol–water partition coefficient (Wildman–Crippen LogP) is 3.01. The summed E-state index contributed by atoms with van der Waals surface area (Å²) in [7, 11) is 0. The topological polar surface area (TPSA) is 29.3 Å². The van der Waals surface area contributed by atoms with E-state index in [1.165, 1.54) is 38.6 Å². The Kier molecular flexibility index (Phi) is 9.12. The van der Waals surface area contributed by atoms with E-state index in [0.717, 1.165) is 6.54 Å². The Morgan fingerprint density at radius 3 is 2.13 bits per heavy atom. The molecule has 1 unspecified atom stereocenters. The number of hydrogen-bond acceptors (Lipinski definition) is 2. The third kappa shape index (κ3) is 6.16. The van der Waals surface area contributed by atoms with Crippen LogP contribution in [0.3, 0.4) is 0 Å². The van der Waals surface area contributed by atoms with E-state index in [9.17, 15) is 0 Å². The first-order valence-electron chi connectivity index (χ1n) is 6.63. The summed E-state index contributed by atoms with van der Waals surface area (Å²) in [5.41, 5.74) is 5.86. The van der Waals surface area contributed by atoms with Crippen molar-refractivity contribution in [3.63, 3.8) is 0 Å². The molecule has 0 saturated carbocycles. The van der Waals surface area contributed by atoms with E-state index in [1.54, 1.807) is 0 Å². The van der Waals surface area contributed by atoms with E-state index in [2.05, 4.69) is 32.6 Å². The maximum absolute atomic E-state index is 5.86. The van der Waals surface area contributed by atoms with Crippen molar-refractivity contribution in [2.75, 3.05) is 13.1 Å². The molecule has 2 nitrogen and oxygen atoms in total. The zero-order valence-electron chi connectivity index (χ0n) is 11.1. The number of hydrogen-bond donors (Lipinski definition) is 1. The smallest absolute Gasteiger partial charge is 0.0221 e. The summed E-state index contributed by atoms with van der Waals surface area (Å²) < 4.78 is 0. The van der Waals surface area contributed by atoms with Gasteiger partial charge >= 0.3 is 0 Å². The molecular weight excluding hydrogens is 184 g/mol. The molecule has 0 aliphatic heterocycles. The van der Waals surface area contributed by atoms with E-state index >= 15 is 0 Å². The lowest BCUT2D eigenvalue weighted by Gasteiger charge is -2.34. The summed E-state index contributed by atoms with van der Waals surface area (Å²) in [6.07, 6.45) is 6.42. The predicted molar refractivity (Wildman–Crippen MR) is 69.1 cm³/mol. The van der Waals surface area contributed by atoms with Crippen LogP contribution in [0.15, 0.2) is 0 Å². The summed E-state index contributed by atoms with van der Waals surface area (Å²) in [5, 5.41) is 0. The maximum atomic E-state index is 5.86. The monoisotopic (exact) mass is 214 g/mol. The Morgan fingerprint density at radius 2 is 1.73 bits per heavy atom. The molecule has 15 heavy (non-hydrogen) atoms. The molecule has 0 bridgehead atoms. The Bertz CT molecular complexity index is 134. The summed E-state index contributed by atoms with van der Waals surface area (Å²) in [6, 6.07) is 1.22. The lowest BCUT2D eigenvalue weighted by Crippen LogP contribution is -2.45. The van der Waals surface area contributed by atoms with Gasteiger partial charge in [0.1, 0.15) is 0 Å². The minimum Gasteiger partial charge on any atom is -0.329 e. The van der Waals surface area contributed by atoms with Crippen LogP contribution in [0.1, 0.15) is 59.8 Å². The Hall–Kier alpha value is -0.0800.